The van der Waals surface area contributed by atoms with Crippen molar-refractivity contribution in [1.29, 1.82) is 0 Å². The van der Waals surface area contributed by atoms with Gasteiger partial charge in [0.15, 0.2) is 5.69 Å². The van der Waals surface area contributed by atoms with E-state index in [1.54, 1.807) is 0 Å². The van der Waals surface area contributed by atoms with E-state index in [1.165, 1.54) is 11.1 Å². The Hall–Kier alpha value is -3.54. The van der Waals surface area contributed by atoms with E-state index in [1.807, 2.05) is 28.8 Å². The van der Waals surface area contributed by atoms with Crippen LogP contribution in [0.2, 0.25) is 0 Å². The highest BCUT2D eigenvalue weighted by Gasteiger charge is 2.27. The number of aromatic nitrogens is 2. The summed E-state index contributed by atoms with van der Waals surface area (Å²) in [7, 11) is 1.94. The number of nitrogens with one attached hydrogen (secondary N) is 1. The highest BCUT2D eigenvalue weighted by atomic mass is 16.2. The van der Waals surface area contributed by atoms with E-state index in [2.05, 4.69) is 73.6 Å². The second-order valence-electron chi connectivity index (χ2n) is 9.55. The number of aryl methyl sites for hydroxylation is 2. The first-order valence-electron chi connectivity index (χ1n) is 13.0. The standard InChI is InChI=1S/C30H39N5O/c1-6-11-29(25-15-14-22(3)27(20-25)31-5)35-26(7-2)21-28(32-35)30(36)34-18-16-33(17-19-34)23(4)24-12-9-8-10-13-24/h6,9,12-15,20-21,29,31H,1,4,7-8,10-11,16-19H2,2-3,5H3. The van der Waals surface area contributed by atoms with E-state index in [0.717, 1.165) is 61.4 Å². The molecule has 1 fully saturated rings. The molecule has 1 aliphatic heterocycles. The fourth-order valence-corrected chi connectivity index (χ4v) is 5.07. The van der Waals surface area contributed by atoms with Crippen LogP contribution in [0, 0.1) is 6.92 Å². The first kappa shape index (κ1) is 25.5. The van der Waals surface area contributed by atoms with Crippen molar-refractivity contribution >= 4 is 11.6 Å². The van der Waals surface area contributed by atoms with Crippen LogP contribution in [0.15, 0.2) is 73.0 Å². The van der Waals surface area contributed by atoms with Gasteiger partial charge < -0.3 is 15.1 Å². The number of allylic oxidation sites excluding steroid dienone is 4. The van der Waals surface area contributed by atoms with Crippen LogP contribution >= 0.6 is 0 Å². The quantitative estimate of drug-likeness (QED) is 0.476. The molecule has 1 atom stereocenters. The number of rotatable bonds is 9. The number of carbonyl (C=O) groups excluding carboxylic acids is 1. The molecule has 36 heavy (non-hydrogen) atoms. The summed E-state index contributed by atoms with van der Waals surface area (Å²) in [5.74, 6) is 0.00247. The van der Waals surface area contributed by atoms with Gasteiger partial charge in [-0.1, -0.05) is 49.9 Å². The van der Waals surface area contributed by atoms with Crippen LogP contribution in [0.5, 0.6) is 0 Å². The summed E-state index contributed by atoms with van der Waals surface area (Å²) in [6.45, 7) is 15.4. The van der Waals surface area contributed by atoms with Gasteiger partial charge in [0.2, 0.25) is 0 Å². The Morgan fingerprint density at radius 2 is 1.92 bits per heavy atom. The van der Waals surface area contributed by atoms with Crippen LogP contribution in [-0.4, -0.2) is 58.7 Å². The zero-order valence-corrected chi connectivity index (χ0v) is 22.0. The van der Waals surface area contributed by atoms with Crippen molar-refractivity contribution in [2.75, 3.05) is 38.5 Å². The van der Waals surface area contributed by atoms with Gasteiger partial charge in [-0.05, 0) is 61.4 Å². The van der Waals surface area contributed by atoms with Gasteiger partial charge in [-0.3, -0.25) is 9.48 Å². The van der Waals surface area contributed by atoms with Crippen molar-refractivity contribution in [3.05, 3.63) is 95.5 Å². The average Bonchev–Trinajstić information content (AvgIpc) is 3.36. The molecule has 2 heterocycles. The zero-order valence-electron chi connectivity index (χ0n) is 22.0. The van der Waals surface area contributed by atoms with Crippen LogP contribution in [0.4, 0.5) is 5.69 Å². The molecule has 0 spiro atoms. The number of nitrogens with zero attached hydrogens (tertiary/aromatic N) is 4. The van der Waals surface area contributed by atoms with E-state index in [0.29, 0.717) is 18.8 Å². The maximum Gasteiger partial charge on any atom is 0.274 e. The van der Waals surface area contributed by atoms with Gasteiger partial charge in [-0.2, -0.15) is 5.10 Å². The Labute approximate surface area is 215 Å². The fourth-order valence-electron chi connectivity index (χ4n) is 5.07. The molecule has 2 aliphatic rings. The summed E-state index contributed by atoms with van der Waals surface area (Å²) in [5.41, 5.74) is 7.29. The average molecular weight is 486 g/mol. The van der Waals surface area contributed by atoms with Crippen LogP contribution in [0.25, 0.3) is 0 Å². The second kappa shape index (κ2) is 11.5. The molecule has 1 aliphatic carbocycles. The number of hydrogen-bond donors (Lipinski definition) is 1. The fraction of sp³-hybridized carbons (Fsp3) is 0.400. The summed E-state index contributed by atoms with van der Waals surface area (Å²) in [4.78, 5) is 17.7. The summed E-state index contributed by atoms with van der Waals surface area (Å²) in [6.07, 6.45) is 12.3. The normalized spacial score (nSPS) is 16.5. The lowest BCUT2D eigenvalue weighted by molar-refractivity contribution is 0.0665. The van der Waals surface area contributed by atoms with Crippen LogP contribution in [0.3, 0.4) is 0 Å². The molecule has 1 unspecified atom stereocenters. The van der Waals surface area contributed by atoms with Gasteiger partial charge in [-0.25, -0.2) is 0 Å². The number of amides is 1. The molecule has 2 aromatic rings. The smallest absolute Gasteiger partial charge is 0.274 e. The van der Waals surface area contributed by atoms with E-state index in [9.17, 15) is 4.79 Å². The number of benzene rings is 1. The predicted octanol–water partition coefficient (Wildman–Crippen LogP) is 5.51. The highest BCUT2D eigenvalue weighted by Crippen LogP contribution is 2.29. The highest BCUT2D eigenvalue weighted by molar-refractivity contribution is 5.92. The largest absolute Gasteiger partial charge is 0.388 e. The predicted molar refractivity (Wildman–Crippen MR) is 148 cm³/mol. The van der Waals surface area contributed by atoms with E-state index in [-0.39, 0.29) is 11.9 Å². The number of hydrogen-bond acceptors (Lipinski definition) is 4. The van der Waals surface area contributed by atoms with Gasteiger partial charge in [0.1, 0.15) is 0 Å². The van der Waals surface area contributed by atoms with Crippen molar-refractivity contribution in [3.63, 3.8) is 0 Å². The summed E-state index contributed by atoms with van der Waals surface area (Å²) in [6, 6.07) is 8.41. The molecule has 1 aromatic carbocycles. The molecule has 1 saturated heterocycles. The van der Waals surface area contributed by atoms with Crippen molar-refractivity contribution in [2.45, 2.75) is 45.6 Å². The molecule has 6 nitrogen and oxygen atoms in total. The minimum Gasteiger partial charge on any atom is -0.388 e. The van der Waals surface area contributed by atoms with E-state index >= 15 is 0 Å². The molecule has 190 valence electrons. The summed E-state index contributed by atoms with van der Waals surface area (Å²) >= 11 is 0. The third-order valence-electron chi connectivity index (χ3n) is 7.27. The monoisotopic (exact) mass is 485 g/mol. The maximum absolute atomic E-state index is 13.5. The zero-order chi connectivity index (χ0) is 25.7. The second-order valence-corrected chi connectivity index (χ2v) is 9.55. The summed E-state index contributed by atoms with van der Waals surface area (Å²) < 4.78 is 2.03. The molecular weight excluding hydrogens is 446 g/mol. The van der Waals surface area contributed by atoms with Crippen molar-refractivity contribution in [2.24, 2.45) is 0 Å². The van der Waals surface area contributed by atoms with Gasteiger partial charge in [-0.15, -0.1) is 6.58 Å². The topological polar surface area (TPSA) is 53.4 Å². The van der Waals surface area contributed by atoms with Gasteiger partial charge in [0.25, 0.3) is 5.91 Å². The molecule has 4 rings (SSSR count). The molecule has 1 amide bonds. The Balaban J connectivity index is 1.51. The minimum absolute atomic E-state index is 0.00247. The van der Waals surface area contributed by atoms with Crippen molar-refractivity contribution in [3.8, 4) is 0 Å². The SMILES string of the molecule is C=CCC(c1ccc(C)c(NC)c1)n1nc(C(=O)N2CCN(C(=C)C3=CCCC=C3)CC2)cc1CC. The Kier molecular flexibility index (Phi) is 8.14. The van der Waals surface area contributed by atoms with Crippen LogP contribution in [0.1, 0.15) is 59.5 Å². The van der Waals surface area contributed by atoms with E-state index in [4.69, 9.17) is 5.10 Å². The first-order valence-corrected chi connectivity index (χ1v) is 13.0. The van der Waals surface area contributed by atoms with Crippen molar-refractivity contribution < 1.29 is 4.79 Å². The third-order valence-corrected chi connectivity index (χ3v) is 7.27. The Morgan fingerprint density at radius 1 is 1.17 bits per heavy atom. The molecule has 0 radical (unpaired) electrons. The summed E-state index contributed by atoms with van der Waals surface area (Å²) in [5, 5.41) is 8.14. The van der Waals surface area contributed by atoms with Crippen LogP contribution < -0.4 is 5.32 Å². The lowest BCUT2D eigenvalue weighted by Gasteiger charge is -2.37. The first-order chi connectivity index (χ1) is 17.5. The van der Waals surface area contributed by atoms with Crippen LogP contribution in [-0.2, 0) is 6.42 Å². The maximum atomic E-state index is 13.5. The van der Waals surface area contributed by atoms with Gasteiger partial charge in [0, 0.05) is 50.3 Å². The molecule has 6 heteroatoms. The van der Waals surface area contributed by atoms with E-state index < -0.39 is 0 Å². The van der Waals surface area contributed by atoms with Gasteiger partial charge in [0.05, 0.1) is 6.04 Å². The number of anilines is 1. The lowest BCUT2D eigenvalue weighted by Crippen LogP contribution is -2.48. The number of carbonyl (C=O) groups is 1. The Bertz CT molecular complexity index is 1180. The molecule has 0 saturated carbocycles. The molecule has 0 bridgehead atoms. The number of piperazine rings is 1. The Morgan fingerprint density at radius 3 is 2.56 bits per heavy atom. The van der Waals surface area contributed by atoms with Gasteiger partial charge >= 0.3 is 0 Å². The third kappa shape index (κ3) is 5.32. The molecule has 1 N–H and O–H groups in total. The molecular formula is C30H39N5O. The lowest BCUT2D eigenvalue weighted by atomic mass is 10.0. The van der Waals surface area contributed by atoms with Crippen molar-refractivity contribution in [1.82, 2.24) is 19.6 Å². The minimum atomic E-state index is -0.0105. The molecule has 1 aromatic heterocycles.